The molecule has 0 aromatic heterocycles. The third-order valence-electron chi connectivity index (χ3n) is 12.2. The molecule has 0 radical (unpaired) electrons. The molecule has 0 aromatic rings. The maximum atomic E-state index is 14.5. The Labute approximate surface area is 277 Å². The molecule has 1 aliphatic heterocycles. The van der Waals surface area contributed by atoms with Gasteiger partial charge in [-0.15, -0.1) is 0 Å². The van der Waals surface area contributed by atoms with Crippen LogP contribution in [0.3, 0.4) is 0 Å². The average molecular weight is 656 g/mol. The number of nitrogens with two attached hydrogens (primary N) is 1. The molecule has 5 saturated carbocycles. The van der Waals surface area contributed by atoms with Crippen LogP contribution >= 0.6 is 0 Å². The molecule has 6 rings (SSSR count). The number of hydrogen-bond donors (Lipinski definition) is 4. The van der Waals surface area contributed by atoms with Crippen molar-refractivity contribution in [1.82, 2.24) is 20.9 Å². The van der Waals surface area contributed by atoms with Crippen molar-refractivity contribution in [2.24, 2.45) is 40.7 Å². The van der Waals surface area contributed by atoms with E-state index in [1.165, 1.54) is 0 Å². The maximum Gasteiger partial charge on any atom is 0.331 e. The zero-order chi connectivity index (χ0) is 33.5. The minimum Gasteiger partial charge on any atom is -0.464 e. The average Bonchev–Trinajstić information content (AvgIpc) is 4.01. The molecule has 1 heterocycles. The van der Waals surface area contributed by atoms with Crippen LogP contribution in [0.2, 0.25) is 0 Å². The number of carbonyl (C=O) groups is 6. The predicted molar refractivity (Wildman–Crippen MR) is 171 cm³/mol. The lowest BCUT2D eigenvalue weighted by molar-refractivity contribution is -0.153. The second-order valence-electron chi connectivity index (χ2n) is 16.0. The minimum absolute atomic E-state index is 0.100. The molecular formula is C35H53N5O7. The Bertz CT molecular complexity index is 1260. The number of nitrogens with zero attached hydrogens (tertiary/aromatic N) is 1. The third-order valence-corrected chi connectivity index (χ3v) is 12.2. The van der Waals surface area contributed by atoms with E-state index in [0.29, 0.717) is 38.3 Å². The number of primary amides is 1. The monoisotopic (exact) mass is 655 g/mol. The Morgan fingerprint density at radius 2 is 1.49 bits per heavy atom. The Hall–Kier alpha value is -3.18. The summed E-state index contributed by atoms with van der Waals surface area (Å²) in [6, 6.07) is -3.29. The zero-order valence-corrected chi connectivity index (χ0v) is 28.0. The number of hydrogen-bond acceptors (Lipinski definition) is 7. The summed E-state index contributed by atoms with van der Waals surface area (Å²) in [4.78, 5) is 81.7. The number of amides is 5. The first-order valence-electron chi connectivity index (χ1n) is 18.1. The fourth-order valence-corrected chi connectivity index (χ4v) is 8.73. The van der Waals surface area contributed by atoms with Crippen molar-refractivity contribution < 1.29 is 33.5 Å². The lowest BCUT2D eigenvalue weighted by Crippen LogP contribution is -2.63. The van der Waals surface area contributed by atoms with Gasteiger partial charge in [0.1, 0.15) is 17.6 Å². The molecule has 260 valence electrons. The van der Waals surface area contributed by atoms with Crippen molar-refractivity contribution in [3.63, 3.8) is 0 Å². The van der Waals surface area contributed by atoms with Gasteiger partial charge in [-0.25, -0.2) is 9.59 Å². The maximum absolute atomic E-state index is 14.5. The van der Waals surface area contributed by atoms with Crippen LogP contribution in [0.15, 0.2) is 0 Å². The number of ketones is 1. The molecule has 0 bridgehead atoms. The highest BCUT2D eigenvalue weighted by atomic mass is 16.5. The predicted octanol–water partition coefficient (Wildman–Crippen LogP) is 2.71. The first kappa shape index (κ1) is 33.7. The second-order valence-corrected chi connectivity index (χ2v) is 16.0. The zero-order valence-electron chi connectivity index (χ0n) is 28.0. The number of esters is 1. The molecule has 0 spiro atoms. The number of Topliss-reactive ketones (excluding diaryl/α,β-unsaturated/α-hetero) is 1. The highest BCUT2D eigenvalue weighted by Crippen LogP contribution is 2.65. The third kappa shape index (κ3) is 7.31. The fourth-order valence-electron chi connectivity index (χ4n) is 8.73. The minimum atomic E-state index is -1.12. The van der Waals surface area contributed by atoms with Crippen LogP contribution in [0.4, 0.5) is 4.79 Å². The van der Waals surface area contributed by atoms with Gasteiger partial charge >= 0.3 is 12.0 Å². The van der Waals surface area contributed by atoms with Crippen molar-refractivity contribution in [3.05, 3.63) is 0 Å². The van der Waals surface area contributed by atoms with Crippen molar-refractivity contribution in [1.29, 1.82) is 0 Å². The second kappa shape index (κ2) is 13.4. The van der Waals surface area contributed by atoms with Crippen LogP contribution in [-0.2, 0) is 28.7 Å². The van der Waals surface area contributed by atoms with E-state index < -0.39 is 53.3 Å². The molecule has 5 atom stereocenters. The Morgan fingerprint density at radius 3 is 2.11 bits per heavy atom. The van der Waals surface area contributed by atoms with Crippen LogP contribution in [-0.4, -0.2) is 77.2 Å². The number of nitrogens with one attached hydrogen (secondary N) is 3. The summed E-state index contributed by atoms with van der Waals surface area (Å²) in [5.41, 5.74) is 4.04. The van der Waals surface area contributed by atoms with Crippen molar-refractivity contribution in [2.45, 2.75) is 134 Å². The van der Waals surface area contributed by atoms with E-state index in [0.717, 1.165) is 77.0 Å². The standard InChI is InChI=1S/C35H53N5O7/c1-34(2)23-18-40(27(25(23)34)30(43)37-24(17-20-11-12-20)28(41)29(36)42)31(44)26(22-9-5-3-6-10-22)38-33(46)39-35(15-7-4-8-16-35)32(45)47-19-21-13-14-21/h20-27H,3-19H2,1-2H3,(H2,36,42)(H,37,43)(H2,38,39,46)/t23-,24?,25-,26-,27-/m0/s1. The number of fused-ring (bicyclic) bond motifs is 1. The summed E-state index contributed by atoms with van der Waals surface area (Å²) in [6.07, 6.45) is 12.4. The first-order chi connectivity index (χ1) is 22.4. The molecule has 6 aliphatic rings. The molecule has 6 fully saturated rings. The smallest absolute Gasteiger partial charge is 0.331 e. The van der Waals surface area contributed by atoms with E-state index in [9.17, 15) is 28.8 Å². The van der Waals surface area contributed by atoms with E-state index >= 15 is 0 Å². The van der Waals surface area contributed by atoms with Gasteiger partial charge < -0.3 is 31.3 Å². The number of ether oxygens (including phenoxy) is 1. The van der Waals surface area contributed by atoms with E-state index in [4.69, 9.17) is 10.5 Å². The van der Waals surface area contributed by atoms with Crippen LogP contribution in [0.1, 0.15) is 110 Å². The molecule has 12 nitrogen and oxygen atoms in total. The number of urea groups is 1. The molecule has 12 heteroatoms. The van der Waals surface area contributed by atoms with Gasteiger partial charge in [0.25, 0.3) is 5.91 Å². The summed E-state index contributed by atoms with van der Waals surface area (Å²) in [5.74, 6) is -2.53. The summed E-state index contributed by atoms with van der Waals surface area (Å²) in [7, 11) is 0. The van der Waals surface area contributed by atoms with Crippen LogP contribution < -0.4 is 21.7 Å². The number of carbonyl (C=O) groups excluding carboxylic acids is 6. The first-order valence-corrected chi connectivity index (χ1v) is 18.1. The van der Waals surface area contributed by atoms with E-state index in [1.54, 1.807) is 4.90 Å². The summed E-state index contributed by atoms with van der Waals surface area (Å²) in [5, 5.41) is 8.77. The molecule has 47 heavy (non-hydrogen) atoms. The Morgan fingerprint density at radius 1 is 0.851 bits per heavy atom. The van der Waals surface area contributed by atoms with Crippen molar-refractivity contribution in [3.8, 4) is 0 Å². The molecule has 5 N–H and O–H groups in total. The summed E-state index contributed by atoms with van der Waals surface area (Å²) in [6.45, 7) is 4.90. The van der Waals surface area contributed by atoms with Gasteiger partial charge in [-0.05, 0) is 80.0 Å². The van der Waals surface area contributed by atoms with Gasteiger partial charge in [0.05, 0.1) is 12.6 Å². The molecular weight excluding hydrogens is 602 g/mol. The number of rotatable bonds is 13. The topological polar surface area (TPSA) is 177 Å². The van der Waals surface area contributed by atoms with Crippen molar-refractivity contribution >= 4 is 35.5 Å². The van der Waals surface area contributed by atoms with E-state index in [1.807, 2.05) is 0 Å². The summed E-state index contributed by atoms with van der Waals surface area (Å²) < 4.78 is 5.67. The Kier molecular flexibility index (Phi) is 9.60. The van der Waals surface area contributed by atoms with Gasteiger partial charge in [-0.1, -0.05) is 65.2 Å². The summed E-state index contributed by atoms with van der Waals surface area (Å²) >= 11 is 0. The fraction of sp³-hybridized carbons (Fsp3) is 0.829. The quantitative estimate of drug-likeness (QED) is 0.174. The molecule has 0 aromatic carbocycles. The largest absolute Gasteiger partial charge is 0.464 e. The number of likely N-dealkylation sites (tertiary alicyclic amines) is 1. The van der Waals surface area contributed by atoms with Crippen molar-refractivity contribution in [2.75, 3.05) is 13.2 Å². The van der Waals surface area contributed by atoms with Gasteiger partial charge in [0.2, 0.25) is 17.6 Å². The number of piperidine rings is 1. The normalized spacial score (nSPS) is 29.1. The molecule has 1 saturated heterocycles. The highest BCUT2D eigenvalue weighted by Gasteiger charge is 2.70. The van der Waals surface area contributed by atoms with Gasteiger partial charge in [0, 0.05) is 6.54 Å². The van der Waals surface area contributed by atoms with Gasteiger partial charge in [-0.3, -0.25) is 19.2 Å². The molecule has 1 unspecified atom stereocenters. The van der Waals surface area contributed by atoms with Gasteiger partial charge in [-0.2, -0.15) is 0 Å². The molecule has 5 amide bonds. The van der Waals surface area contributed by atoms with Crippen LogP contribution in [0.25, 0.3) is 0 Å². The molecule has 5 aliphatic carbocycles. The Balaban J connectivity index is 1.20. The van der Waals surface area contributed by atoms with Crippen LogP contribution in [0, 0.1) is 35.0 Å². The van der Waals surface area contributed by atoms with E-state index in [2.05, 4.69) is 29.8 Å². The lowest BCUT2D eigenvalue weighted by Gasteiger charge is -2.39. The lowest BCUT2D eigenvalue weighted by atomic mass is 9.81. The van der Waals surface area contributed by atoms with Crippen LogP contribution in [0.5, 0.6) is 0 Å². The van der Waals surface area contributed by atoms with E-state index in [-0.39, 0.29) is 35.0 Å². The van der Waals surface area contributed by atoms with Gasteiger partial charge in [0.15, 0.2) is 0 Å². The SMILES string of the molecule is CC1(C)[C@@H]2[C@@H](C(=O)NC(CC3CC3)C(=O)C(N)=O)N(C(=O)[C@@H](NC(=O)NC3(C(=O)OCC4CC4)CCCCC3)C3CCCCC3)C[C@@H]21. The highest BCUT2D eigenvalue weighted by molar-refractivity contribution is 6.37.